The fourth-order valence-electron chi connectivity index (χ4n) is 4.31. The normalized spacial score (nSPS) is 11.5. The molecule has 0 aliphatic carbocycles. The molecule has 3 aromatic carbocycles. The molecule has 1 atom stereocenters. The van der Waals surface area contributed by atoms with Crippen LogP contribution in [0.15, 0.2) is 95.6 Å². The van der Waals surface area contributed by atoms with Gasteiger partial charge in [-0.05, 0) is 53.1 Å². The maximum Gasteiger partial charge on any atom is 0.243 e. The highest BCUT2D eigenvalue weighted by Crippen LogP contribution is 2.28. The van der Waals surface area contributed by atoms with Gasteiger partial charge in [0.2, 0.25) is 11.8 Å². The number of halogens is 1. The number of hydrogen-bond acceptors (Lipinski definition) is 5. The van der Waals surface area contributed by atoms with Crippen molar-refractivity contribution in [1.29, 1.82) is 0 Å². The van der Waals surface area contributed by atoms with Crippen LogP contribution in [0.25, 0.3) is 0 Å². The van der Waals surface area contributed by atoms with Gasteiger partial charge in [-0.3, -0.25) is 9.59 Å². The van der Waals surface area contributed by atoms with Crippen molar-refractivity contribution in [2.75, 3.05) is 14.2 Å². The van der Waals surface area contributed by atoms with E-state index in [0.717, 1.165) is 5.56 Å². The van der Waals surface area contributed by atoms with Crippen LogP contribution in [0, 0.1) is 5.82 Å². The first-order valence-electron chi connectivity index (χ1n) is 12.6. The summed E-state index contributed by atoms with van der Waals surface area (Å²) in [6.45, 7) is 0.309. The first kappa shape index (κ1) is 27.4. The summed E-state index contributed by atoms with van der Waals surface area (Å²) in [7, 11) is 3.08. The van der Waals surface area contributed by atoms with E-state index in [9.17, 15) is 14.0 Å². The number of rotatable bonds is 12. The number of carbonyl (C=O) groups excluding carboxylic acids is 2. The lowest BCUT2D eigenvalue weighted by Crippen LogP contribution is -2.50. The SMILES string of the molecule is COc1ccc(CC(=O)N(Cc2ccc(F)cc2)C(Cc2ccccc2)C(=O)NCc2ccco2)cc1OC. The van der Waals surface area contributed by atoms with E-state index in [4.69, 9.17) is 13.9 Å². The molecule has 202 valence electrons. The van der Waals surface area contributed by atoms with Gasteiger partial charge in [-0.2, -0.15) is 0 Å². The van der Waals surface area contributed by atoms with Gasteiger partial charge in [-0.1, -0.05) is 48.5 Å². The van der Waals surface area contributed by atoms with Crippen molar-refractivity contribution in [2.24, 2.45) is 0 Å². The van der Waals surface area contributed by atoms with Crippen LogP contribution in [0.2, 0.25) is 0 Å². The highest BCUT2D eigenvalue weighted by atomic mass is 19.1. The smallest absolute Gasteiger partial charge is 0.243 e. The molecule has 1 N–H and O–H groups in total. The van der Waals surface area contributed by atoms with E-state index < -0.39 is 6.04 Å². The van der Waals surface area contributed by atoms with Gasteiger partial charge >= 0.3 is 0 Å². The third-order valence-corrected chi connectivity index (χ3v) is 6.36. The average Bonchev–Trinajstić information content (AvgIpc) is 3.49. The molecular formula is C31H31FN2O5. The number of furan rings is 1. The summed E-state index contributed by atoms with van der Waals surface area (Å²) in [5, 5.41) is 2.91. The molecule has 0 fully saturated rings. The maximum atomic E-state index is 13.9. The van der Waals surface area contributed by atoms with Gasteiger partial charge in [0.05, 0.1) is 33.4 Å². The number of hydrogen-bond donors (Lipinski definition) is 1. The minimum Gasteiger partial charge on any atom is -0.493 e. The fourth-order valence-corrected chi connectivity index (χ4v) is 4.31. The van der Waals surface area contributed by atoms with Gasteiger partial charge in [0.1, 0.15) is 17.6 Å². The average molecular weight is 531 g/mol. The lowest BCUT2D eigenvalue weighted by Gasteiger charge is -2.31. The first-order valence-corrected chi connectivity index (χ1v) is 12.6. The molecule has 0 saturated heterocycles. The fraction of sp³-hybridized carbons (Fsp3) is 0.226. The van der Waals surface area contributed by atoms with E-state index in [1.807, 2.05) is 30.3 Å². The van der Waals surface area contributed by atoms with Crippen LogP contribution in [0.4, 0.5) is 4.39 Å². The summed E-state index contributed by atoms with van der Waals surface area (Å²) in [6.07, 6.45) is 1.86. The second kappa shape index (κ2) is 13.3. The summed E-state index contributed by atoms with van der Waals surface area (Å²) in [4.78, 5) is 29.1. The molecule has 0 aliphatic rings. The number of nitrogens with zero attached hydrogens (tertiary/aromatic N) is 1. The molecule has 8 heteroatoms. The third-order valence-electron chi connectivity index (χ3n) is 6.36. The van der Waals surface area contributed by atoms with Crippen LogP contribution >= 0.6 is 0 Å². The molecule has 0 aliphatic heterocycles. The molecule has 1 unspecified atom stereocenters. The van der Waals surface area contributed by atoms with Gasteiger partial charge in [0, 0.05) is 13.0 Å². The Morgan fingerprint density at radius 3 is 2.26 bits per heavy atom. The van der Waals surface area contributed by atoms with Gasteiger partial charge in [0.25, 0.3) is 0 Å². The number of ether oxygens (including phenoxy) is 2. The van der Waals surface area contributed by atoms with E-state index in [-0.39, 0.29) is 37.1 Å². The summed E-state index contributed by atoms with van der Waals surface area (Å²) in [6, 6.07) is 23.4. The van der Waals surface area contributed by atoms with E-state index in [2.05, 4.69) is 5.32 Å². The molecule has 0 radical (unpaired) electrons. The van der Waals surface area contributed by atoms with Crippen molar-refractivity contribution in [3.8, 4) is 11.5 Å². The van der Waals surface area contributed by atoms with Crippen molar-refractivity contribution in [2.45, 2.75) is 32.0 Å². The summed E-state index contributed by atoms with van der Waals surface area (Å²) >= 11 is 0. The zero-order valence-corrected chi connectivity index (χ0v) is 21.9. The zero-order chi connectivity index (χ0) is 27.6. The molecule has 0 bridgehead atoms. The van der Waals surface area contributed by atoms with Crippen molar-refractivity contribution in [1.82, 2.24) is 10.2 Å². The molecule has 0 spiro atoms. The molecule has 0 saturated carbocycles. The van der Waals surface area contributed by atoms with Gasteiger partial charge < -0.3 is 24.1 Å². The van der Waals surface area contributed by atoms with Gasteiger partial charge in [0.15, 0.2) is 11.5 Å². The Morgan fingerprint density at radius 1 is 0.872 bits per heavy atom. The highest BCUT2D eigenvalue weighted by molar-refractivity contribution is 5.88. The zero-order valence-electron chi connectivity index (χ0n) is 21.9. The molecule has 1 heterocycles. The van der Waals surface area contributed by atoms with Crippen molar-refractivity contribution >= 4 is 11.8 Å². The second-order valence-corrected chi connectivity index (χ2v) is 9.02. The lowest BCUT2D eigenvalue weighted by atomic mass is 10.0. The minimum absolute atomic E-state index is 0.0261. The molecule has 39 heavy (non-hydrogen) atoms. The predicted molar refractivity (Wildman–Crippen MR) is 145 cm³/mol. The predicted octanol–water partition coefficient (Wildman–Crippen LogP) is 4.93. The Labute approximate surface area is 227 Å². The highest BCUT2D eigenvalue weighted by Gasteiger charge is 2.30. The Balaban J connectivity index is 1.66. The molecule has 4 aromatic rings. The number of nitrogens with one attached hydrogen (secondary N) is 1. The lowest BCUT2D eigenvalue weighted by molar-refractivity contribution is -0.140. The molecule has 7 nitrogen and oxygen atoms in total. The third kappa shape index (κ3) is 7.47. The number of methoxy groups -OCH3 is 2. The standard InChI is InChI=1S/C31H31FN2O5/c1-37-28-15-12-24(18-29(28)38-2)19-30(35)34(21-23-10-13-25(32)14-11-23)27(17-22-7-4-3-5-8-22)31(36)33-20-26-9-6-16-39-26/h3-16,18,27H,17,19-21H2,1-2H3,(H,33,36). The van der Waals surface area contributed by atoms with Crippen LogP contribution in [-0.4, -0.2) is 37.0 Å². The Hall–Kier alpha value is -4.59. The number of carbonyl (C=O) groups is 2. The van der Waals surface area contributed by atoms with E-state index in [1.54, 1.807) is 54.5 Å². The van der Waals surface area contributed by atoms with Crippen molar-refractivity contribution in [3.63, 3.8) is 0 Å². The minimum atomic E-state index is -0.833. The van der Waals surface area contributed by atoms with Crippen molar-refractivity contribution < 1.29 is 27.9 Å². The summed E-state index contributed by atoms with van der Waals surface area (Å²) in [5.74, 6) is 0.696. The molecule has 1 aromatic heterocycles. The summed E-state index contributed by atoms with van der Waals surface area (Å²) < 4.78 is 29.7. The first-order chi connectivity index (χ1) is 19.0. The maximum absolute atomic E-state index is 13.9. The Bertz CT molecular complexity index is 1360. The Morgan fingerprint density at radius 2 is 1.59 bits per heavy atom. The van der Waals surface area contributed by atoms with E-state index in [0.29, 0.717) is 34.8 Å². The van der Waals surface area contributed by atoms with Gasteiger partial charge in [-0.25, -0.2) is 4.39 Å². The molecular weight excluding hydrogens is 499 g/mol. The molecule has 2 amide bonds. The van der Waals surface area contributed by atoms with Crippen LogP contribution in [0.1, 0.15) is 22.5 Å². The van der Waals surface area contributed by atoms with Crippen molar-refractivity contribution in [3.05, 3.63) is 119 Å². The quantitative estimate of drug-likeness (QED) is 0.281. The van der Waals surface area contributed by atoms with Crippen LogP contribution < -0.4 is 14.8 Å². The summed E-state index contributed by atoms with van der Waals surface area (Å²) in [5.41, 5.74) is 2.31. The number of amides is 2. The van der Waals surface area contributed by atoms with E-state index >= 15 is 0 Å². The number of benzene rings is 3. The molecule has 4 rings (SSSR count). The van der Waals surface area contributed by atoms with E-state index in [1.165, 1.54) is 25.5 Å². The monoisotopic (exact) mass is 530 g/mol. The van der Waals surface area contributed by atoms with Crippen LogP contribution in [0.3, 0.4) is 0 Å². The Kier molecular flexibility index (Phi) is 9.34. The second-order valence-electron chi connectivity index (χ2n) is 9.02. The topological polar surface area (TPSA) is 81.0 Å². The van der Waals surface area contributed by atoms with Crippen LogP contribution in [0.5, 0.6) is 11.5 Å². The van der Waals surface area contributed by atoms with Gasteiger partial charge in [-0.15, -0.1) is 0 Å². The largest absolute Gasteiger partial charge is 0.493 e. The van der Waals surface area contributed by atoms with Crippen LogP contribution in [-0.2, 0) is 35.5 Å².